The van der Waals surface area contributed by atoms with Crippen molar-refractivity contribution in [3.05, 3.63) is 437 Å². The van der Waals surface area contributed by atoms with Crippen LogP contribution < -0.4 is 5.46 Å². The second kappa shape index (κ2) is 34.2. The topological polar surface area (TPSA) is 70.6 Å². The van der Waals surface area contributed by atoms with Gasteiger partial charge >= 0.3 is 7.12 Å². The van der Waals surface area contributed by atoms with Gasteiger partial charge in [-0.25, -0.2) is 9.98 Å². The Labute approximate surface area is 720 Å². The van der Waals surface area contributed by atoms with Crippen LogP contribution in [0.5, 0.6) is 0 Å². The molecule has 0 saturated carbocycles. The normalized spacial score (nSPS) is 12.5. The number of hydrogen-bond acceptors (Lipinski definition) is 7. The van der Waals surface area contributed by atoms with Crippen LogP contribution in [0.15, 0.2) is 415 Å². The molecule has 2 N–H and O–H groups in total. The van der Waals surface area contributed by atoms with Crippen LogP contribution in [0, 0.1) is 0 Å². The minimum absolute atomic E-state index is 0.582. The fraction of sp³-hybridized carbons (Fsp3) is 0.0370. The Kier molecular flexibility index (Phi) is 22.0. The Balaban J connectivity index is 0.000000106. The fourth-order valence-corrected chi connectivity index (χ4v) is 21.0. The van der Waals surface area contributed by atoms with E-state index in [1.165, 1.54) is 139 Å². The third-order valence-electron chi connectivity index (χ3n) is 22.4. The quantitative estimate of drug-likeness (QED) is 0.0814. The van der Waals surface area contributed by atoms with Gasteiger partial charge < -0.3 is 10.0 Å². The summed E-state index contributed by atoms with van der Waals surface area (Å²) in [7, 11) is -1.41. The van der Waals surface area contributed by atoms with E-state index < -0.39 is 7.12 Å². The van der Waals surface area contributed by atoms with Gasteiger partial charge in [0.1, 0.15) is 5.82 Å². The minimum Gasteiger partial charge on any atom is -0.423 e. The zero-order valence-electron chi connectivity index (χ0n) is 64.8. The van der Waals surface area contributed by atoms with Crippen molar-refractivity contribution in [2.45, 2.75) is 25.7 Å². The highest BCUT2D eigenvalue weighted by Gasteiger charge is 2.23. The molecule has 5 nitrogen and oxygen atoms in total. The molecule has 23 rings (SSSR count). The number of halogens is 2. The standard InChI is InChI=1S/C41H26N2S.C25H16S.C17H16BrN.C13H9Br.C12H9BO2S/c1-3-12-27(13-4-1)30-25-36(28-14-5-2-6-15-28)42-40(26-30)43-37-20-9-7-16-32(37)35-24-29(22-23-38(35)43)31-18-11-19-34-33-17-8-10-21-39(33)44-41(31)34;1-2-7-19-16(6-1)14-17-12-13-18(15-23(17)19)20-9-5-10-22-21-8-3-4-11-24(21)26-25(20)22;1-14(18)19-17(16-10-6-3-7-11-16)13-12-15-8-4-2-5-9-15;14-11-6-5-10-7-9-3-1-2-4-12(9)13(10)8-11;14-13(15)10-6-3-5-9-8-4-1-2-7-11(8)16-12(9)10/h1-26H;1-13,15H,14H2;3-4,6-13H,1-2,5H2;1-6,8H,7H2;1-7,14-15H/b;;13-12+,19-17?;;. The van der Waals surface area contributed by atoms with Crippen LogP contribution in [-0.4, -0.2) is 32.4 Å². The lowest BCUT2D eigenvalue weighted by Gasteiger charge is -2.13. The number of benzene rings is 15. The van der Waals surface area contributed by atoms with E-state index in [2.05, 4.69) is 363 Å². The molecule has 5 aromatic heterocycles. The molecule has 0 unspecified atom stereocenters. The SMILES string of the molecule is Brc1ccc2c(c1)-c1ccccc1C2.C=C(Br)N=C(/C=C/C1=CCCC=C1)c1ccccc1.OB(O)c1cccc2c1sc1ccccc12.c1ccc(-c2cc(-c3ccccc3)nc(-n3c4ccccc4c4cc(-c5cccc6c5sc5ccccc56)ccc43)c2)cc1.c1ccc2c(c1)Cc1ccc(-c3cccc4c3sc3ccccc34)cc1-2. The van der Waals surface area contributed by atoms with Gasteiger partial charge in [-0.05, 0) is 209 Å². The fourth-order valence-electron chi connectivity index (χ4n) is 16.8. The van der Waals surface area contributed by atoms with Gasteiger partial charge in [-0.1, -0.05) is 338 Å². The van der Waals surface area contributed by atoms with Gasteiger partial charge in [0.25, 0.3) is 0 Å². The van der Waals surface area contributed by atoms with Crippen LogP contribution >= 0.6 is 65.9 Å². The molecule has 5 heterocycles. The van der Waals surface area contributed by atoms with Gasteiger partial charge in [0.05, 0.1) is 27.0 Å². The van der Waals surface area contributed by atoms with Crippen LogP contribution in [-0.2, 0) is 12.8 Å². The number of aromatic nitrogens is 2. The van der Waals surface area contributed by atoms with Crippen LogP contribution in [0.1, 0.15) is 40.7 Å². The van der Waals surface area contributed by atoms with E-state index in [1.807, 2.05) is 89.4 Å². The Bertz CT molecular complexity index is 7340. The number of hydrogen-bond donors (Lipinski definition) is 2. The molecule has 570 valence electrons. The highest BCUT2D eigenvalue weighted by atomic mass is 79.9. The van der Waals surface area contributed by atoms with E-state index in [0.29, 0.717) is 10.1 Å². The molecule has 20 aromatic rings. The van der Waals surface area contributed by atoms with Gasteiger partial charge in [0.15, 0.2) is 0 Å². The predicted molar refractivity (Wildman–Crippen MR) is 519 cm³/mol. The Morgan fingerprint density at radius 2 is 0.874 bits per heavy atom. The lowest BCUT2D eigenvalue weighted by molar-refractivity contribution is 0.426. The summed E-state index contributed by atoms with van der Waals surface area (Å²) in [4.78, 5) is 9.71. The van der Waals surface area contributed by atoms with Crippen molar-refractivity contribution in [1.82, 2.24) is 9.55 Å². The third kappa shape index (κ3) is 15.8. The summed E-state index contributed by atoms with van der Waals surface area (Å²) in [6.45, 7) is 3.78. The first-order valence-corrected chi connectivity index (χ1v) is 44.0. The summed E-state index contributed by atoms with van der Waals surface area (Å²) in [5.74, 6) is 0.913. The molecule has 0 atom stereocenters. The number of pyridine rings is 1. The molecule has 119 heavy (non-hydrogen) atoms. The monoisotopic (exact) mass is 1710 g/mol. The van der Waals surface area contributed by atoms with E-state index in [-0.39, 0.29) is 0 Å². The molecule has 0 spiro atoms. The molecule has 3 aliphatic carbocycles. The number of allylic oxidation sites excluding steroid dienone is 6. The molecule has 0 bridgehead atoms. The minimum atomic E-state index is -1.41. The summed E-state index contributed by atoms with van der Waals surface area (Å²) in [6.07, 6.45) is 15.1. The average molecular weight is 1710 g/mol. The first kappa shape index (κ1) is 76.5. The van der Waals surface area contributed by atoms with Crippen molar-refractivity contribution in [2.75, 3.05) is 0 Å². The van der Waals surface area contributed by atoms with E-state index in [0.717, 1.165) is 85.2 Å². The van der Waals surface area contributed by atoms with Gasteiger partial charge in [0.2, 0.25) is 0 Å². The maximum Gasteiger partial charge on any atom is 0.489 e. The zero-order chi connectivity index (χ0) is 80.3. The molecule has 0 saturated heterocycles. The summed E-state index contributed by atoms with van der Waals surface area (Å²) in [5.41, 5.74) is 27.0. The zero-order valence-corrected chi connectivity index (χ0v) is 70.4. The van der Waals surface area contributed by atoms with E-state index in [1.54, 1.807) is 17.4 Å². The second-order valence-corrected chi connectivity index (χ2v) is 34.8. The molecule has 0 amide bonds. The summed E-state index contributed by atoms with van der Waals surface area (Å²) >= 11 is 12.2. The van der Waals surface area contributed by atoms with Crippen LogP contribution in [0.3, 0.4) is 0 Å². The summed E-state index contributed by atoms with van der Waals surface area (Å²) < 4.78 is 11.7. The molecule has 0 radical (unpaired) electrons. The van der Waals surface area contributed by atoms with Crippen molar-refractivity contribution >= 4 is 166 Å². The van der Waals surface area contributed by atoms with Crippen molar-refractivity contribution in [3.8, 4) is 72.7 Å². The Hall–Kier alpha value is -12.5. The van der Waals surface area contributed by atoms with E-state index in [4.69, 9.17) is 4.98 Å². The number of thiophene rings is 3. The van der Waals surface area contributed by atoms with Crippen molar-refractivity contribution in [3.63, 3.8) is 0 Å². The Morgan fingerprint density at radius 3 is 1.48 bits per heavy atom. The van der Waals surface area contributed by atoms with Gasteiger partial charge in [-0.3, -0.25) is 4.57 Å². The second-order valence-electron chi connectivity index (χ2n) is 29.8. The molecular weight excluding hydrogens is 1640 g/mol. The van der Waals surface area contributed by atoms with Crippen LogP contribution in [0.4, 0.5) is 0 Å². The van der Waals surface area contributed by atoms with E-state index >= 15 is 0 Å². The number of rotatable bonds is 10. The lowest BCUT2D eigenvalue weighted by atomic mass is 9.80. The van der Waals surface area contributed by atoms with Crippen molar-refractivity contribution < 1.29 is 10.0 Å². The highest BCUT2D eigenvalue weighted by Crippen LogP contribution is 2.46. The maximum absolute atomic E-state index is 9.31. The van der Waals surface area contributed by atoms with Crippen LogP contribution in [0.2, 0.25) is 0 Å². The van der Waals surface area contributed by atoms with Crippen molar-refractivity contribution in [2.24, 2.45) is 4.99 Å². The number of para-hydroxylation sites is 1. The molecule has 0 fully saturated rings. The maximum atomic E-state index is 9.31. The third-order valence-corrected chi connectivity index (χ3v) is 26.7. The molecule has 3 aliphatic rings. The molecule has 15 aromatic carbocycles. The van der Waals surface area contributed by atoms with E-state index in [9.17, 15) is 10.0 Å². The van der Waals surface area contributed by atoms with Gasteiger partial charge in [-0.2, -0.15) is 0 Å². The van der Waals surface area contributed by atoms with Gasteiger partial charge in [-0.15, -0.1) is 34.0 Å². The Morgan fingerprint density at radius 1 is 0.395 bits per heavy atom. The van der Waals surface area contributed by atoms with Gasteiger partial charge in [0, 0.05) is 81.5 Å². The average Bonchev–Trinajstić information content (AvgIpc) is 1.58. The largest absolute Gasteiger partial charge is 0.489 e. The highest BCUT2D eigenvalue weighted by molar-refractivity contribution is 9.11. The first-order valence-electron chi connectivity index (χ1n) is 39.9. The molecule has 11 heteroatoms. The summed E-state index contributed by atoms with van der Waals surface area (Å²) in [5, 5.41) is 28.7. The van der Waals surface area contributed by atoms with Crippen molar-refractivity contribution in [1.29, 1.82) is 0 Å². The molecule has 0 aliphatic heterocycles. The lowest BCUT2D eigenvalue weighted by Crippen LogP contribution is -2.29. The van der Waals surface area contributed by atoms with Crippen LogP contribution in [0.25, 0.3) is 155 Å². The summed E-state index contributed by atoms with van der Waals surface area (Å²) in [6, 6.07) is 127. The first-order chi connectivity index (χ1) is 58.6. The molecular formula is C108H76BBr2N3O2S3. The number of aliphatic imine (C=N–C) groups is 1. The number of fused-ring (bicyclic) bond motifs is 18. The number of nitrogens with zero attached hydrogens (tertiary/aromatic N) is 3. The predicted octanol–water partition coefficient (Wildman–Crippen LogP) is 29.8. The smallest absolute Gasteiger partial charge is 0.423 e.